The van der Waals surface area contributed by atoms with Gasteiger partial charge < -0.3 is 10.2 Å². The number of nitrogens with one attached hydrogen (secondary N) is 1. The average Bonchev–Trinajstić information content (AvgIpc) is 2.88. The molecule has 0 aromatic rings. The van der Waals surface area contributed by atoms with Gasteiger partial charge in [0, 0.05) is 13.6 Å². The molecule has 0 saturated heterocycles. The molecule has 0 aromatic heterocycles. The number of hydrogen-bond acceptors (Lipinski definition) is 2. The van der Waals surface area contributed by atoms with Crippen molar-refractivity contribution in [1.82, 2.24) is 10.2 Å². The molecule has 0 atom stereocenters. The van der Waals surface area contributed by atoms with Crippen molar-refractivity contribution < 1.29 is 4.79 Å². The summed E-state index contributed by atoms with van der Waals surface area (Å²) in [5.41, 5.74) is 0. The molecule has 1 aliphatic carbocycles. The maximum Gasteiger partial charge on any atom is 0.236 e. The molecule has 0 radical (unpaired) electrons. The molecular weight excluding hydrogens is 164 g/mol. The van der Waals surface area contributed by atoms with E-state index in [0.29, 0.717) is 6.54 Å². The first-order chi connectivity index (χ1) is 6.24. The van der Waals surface area contributed by atoms with Crippen molar-refractivity contribution in [2.75, 3.05) is 26.7 Å². The zero-order valence-electron chi connectivity index (χ0n) is 8.68. The van der Waals surface area contributed by atoms with Gasteiger partial charge in [0.1, 0.15) is 0 Å². The van der Waals surface area contributed by atoms with Crippen LogP contribution in [0.5, 0.6) is 0 Å². The van der Waals surface area contributed by atoms with Crippen molar-refractivity contribution in [1.29, 1.82) is 0 Å². The number of likely N-dealkylation sites (N-methyl/N-ethyl adjacent to an activating group) is 1. The molecule has 0 aliphatic heterocycles. The molecular formula is C10H20N2O. The van der Waals surface area contributed by atoms with E-state index in [1.165, 1.54) is 12.8 Å². The predicted molar refractivity (Wildman–Crippen MR) is 53.5 cm³/mol. The Labute approximate surface area is 80.5 Å². The number of carbonyl (C=O) groups is 1. The zero-order chi connectivity index (χ0) is 9.68. The van der Waals surface area contributed by atoms with E-state index in [0.717, 1.165) is 25.4 Å². The summed E-state index contributed by atoms with van der Waals surface area (Å²) in [5.74, 6) is 1.01. The maximum atomic E-state index is 11.4. The summed E-state index contributed by atoms with van der Waals surface area (Å²) in [5, 5.41) is 3.12. The van der Waals surface area contributed by atoms with Crippen LogP contribution in [0.1, 0.15) is 26.2 Å². The average molecular weight is 184 g/mol. The van der Waals surface area contributed by atoms with Crippen molar-refractivity contribution in [2.45, 2.75) is 26.2 Å². The smallest absolute Gasteiger partial charge is 0.236 e. The Bertz CT molecular complexity index is 166. The van der Waals surface area contributed by atoms with Crippen molar-refractivity contribution in [2.24, 2.45) is 5.92 Å². The van der Waals surface area contributed by atoms with Crippen molar-refractivity contribution >= 4 is 5.91 Å². The summed E-state index contributed by atoms with van der Waals surface area (Å²) in [7, 11) is 1.90. The molecule has 13 heavy (non-hydrogen) atoms. The highest BCUT2D eigenvalue weighted by Crippen LogP contribution is 2.29. The monoisotopic (exact) mass is 184 g/mol. The summed E-state index contributed by atoms with van der Waals surface area (Å²) in [4.78, 5) is 13.3. The lowest BCUT2D eigenvalue weighted by molar-refractivity contribution is -0.129. The van der Waals surface area contributed by atoms with Crippen LogP contribution in [0, 0.1) is 5.92 Å². The highest BCUT2D eigenvalue weighted by molar-refractivity contribution is 5.77. The number of carbonyl (C=O) groups excluding carboxylic acids is 1. The van der Waals surface area contributed by atoms with Gasteiger partial charge in [-0.25, -0.2) is 0 Å². The Morgan fingerprint density at radius 2 is 2.23 bits per heavy atom. The second-order valence-corrected chi connectivity index (χ2v) is 3.89. The van der Waals surface area contributed by atoms with Crippen molar-refractivity contribution in [3.05, 3.63) is 0 Å². The van der Waals surface area contributed by atoms with E-state index in [2.05, 4.69) is 12.2 Å². The third-order valence-corrected chi connectivity index (χ3v) is 2.36. The van der Waals surface area contributed by atoms with Gasteiger partial charge in [-0.2, -0.15) is 0 Å². The minimum Gasteiger partial charge on any atom is -0.344 e. The number of hydrogen-bond donors (Lipinski definition) is 1. The topological polar surface area (TPSA) is 32.3 Å². The first-order valence-electron chi connectivity index (χ1n) is 5.18. The Balaban J connectivity index is 2.05. The zero-order valence-corrected chi connectivity index (χ0v) is 8.68. The Kier molecular flexibility index (Phi) is 4.22. The number of rotatable bonds is 6. The lowest BCUT2D eigenvalue weighted by Gasteiger charge is -2.16. The minimum atomic E-state index is 0.223. The summed E-state index contributed by atoms with van der Waals surface area (Å²) in [6.45, 7) is 4.48. The second kappa shape index (κ2) is 5.22. The van der Waals surface area contributed by atoms with E-state index in [1.807, 2.05) is 11.9 Å². The van der Waals surface area contributed by atoms with Gasteiger partial charge in [0.05, 0.1) is 6.54 Å². The maximum absolute atomic E-state index is 11.4. The second-order valence-electron chi connectivity index (χ2n) is 3.89. The van der Waals surface area contributed by atoms with E-state index in [4.69, 9.17) is 0 Å². The van der Waals surface area contributed by atoms with Gasteiger partial charge in [0.15, 0.2) is 0 Å². The molecule has 1 amide bonds. The van der Waals surface area contributed by atoms with Crippen LogP contribution in [0.4, 0.5) is 0 Å². The quantitative estimate of drug-likeness (QED) is 0.621. The van der Waals surface area contributed by atoms with Crippen molar-refractivity contribution in [3.8, 4) is 0 Å². The van der Waals surface area contributed by atoms with Gasteiger partial charge in [-0.1, -0.05) is 6.92 Å². The fourth-order valence-electron chi connectivity index (χ4n) is 1.30. The fourth-order valence-corrected chi connectivity index (χ4v) is 1.30. The molecule has 1 N–H and O–H groups in total. The Hall–Kier alpha value is -0.570. The lowest BCUT2D eigenvalue weighted by Crippen LogP contribution is -2.36. The Morgan fingerprint density at radius 3 is 2.77 bits per heavy atom. The number of nitrogens with zero attached hydrogens (tertiary/aromatic N) is 1. The molecule has 0 bridgehead atoms. The highest BCUT2D eigenvalue weighted by Gasteiger charge is 2.24. The molecule has 1 aliphatic rings. The predicted octanol–water partition coefficient (Wildman–Crippen LogP) is 0.854. The van der Waals surface area contributed by atoms with Gasteiger partial charge >= 0.3 is 0 Å². The third-order valence-electron chi connectivity index (χ3n) is 2.36. The molecule has 0 heterocycles. The minimum absolute atomic E-state index is 0.223. The van der Waals surface area contributed by atoms with E-state index in [9.17, 15) is 4.79 Å². The van der Waals surface area contributed by atoms with E-state index < -0.39 is 0 Å². The molecule has 0 aromatic carbocycles. The van der Waals surface area contributed by atoms with Crippen LogP contribution in [0.25, 0.3) is 0 Å². The fraction of sp³-hybridized carbons (Fsp3) is 0.900. The largest absolute Gasteiger partial charge is 0.344 e. The van der Waals surface area contributed by atoms with Gasteiger partial charge in [-0.05, 0) is 31.7 Å². The molecule has 0 unspecified atom stereocenters. The van der Waals surface area contributed by atoms with Crippen LogP contribution >= 0.6 is 0 Å². The summed E-state index contributed by atoms with van der Waals surface area (Å²) >= 11 is 0. The number of amides is 1. The molecule has 3 heteroatoms. The summed E-state index contributed by atoms with van der Waals surface area (Å²) in [6, 6.07) is 0. The SMILES string of the molecule is CCCNCC(=O)N(C)CC1CC1. The summed E-state index contributed by atoms with van der Waals surface area (Å²) < 4.78 is 0. The van der Waals surface area contributed by atoms with Gasteiger partial charge in [-0.3, -0.25) is 4.79 Å². The highest BCUT2D eigenvalue weighted by atomic mass is 16.2. The standard InChI is InChI=1S/C10H20N2O/c1-3-6-11-7-10(13)12(2)8-9-4-5-9/h9,11H,3-8H2,1-2H3. The first-order valence-corrected chi connectivity index (χ1v) is 5.18. The van der Waals surface area contributed by atoms with Gasteiger partial charge in [0.25, 0.3) is 0 Å². The molecule has 3 nitrogen and oxygen atoms in total. The van der Waals surface area contributed by atoms with Crippen LogP contribution < -0.4 is 5.32 Å². The lowest BCUT2D eigenvalue weighted by atomic mass is 10.3. The normalized spacial score (nSPS) is 15.8. The molecule has 1 saturated carbocycles. The van der Waals surface area contributed by atoms with Gasteiger partial charge in [-0.15, -0.1) is 0 Å². The van der Waals surface area contributed by atoms with Crippen molar-refractivity contribution in [3.63, 3.8) is 0 Å². The van der Waals surface area contributed by atoms with Crippen LogP contribution in [-0.2, 0) is 4.79 Å². The molecule has 1 fully saturated rings. The first kappa shape index (κ1) is 10.5. The van der Waals surface area contributed by atoms with E-state index in [-0.39, 0.29) is 5.91 Å². The molecule has 0 spiro atoms. The Morgan fingerprint density at radius 1 is 1.54 bits per heavy atom. The molecule has 1 rings (SSSR count). The van der Waals surface area contributed by atoms with E-state index in [1.54, 1.807) is 0 Å². The van der Waals surface area contributed by atoms with E-state index >= 15 is 0 Å². The van der Waals surface area contributed by atoms with Crippen LogP contribution in [-0.4, -0.2) is 37.5 Å². The van der Waals surface area contributed by atoms with Crippen LogP contribution in [0.15, 0.2) is 0 Å². The third kappa shape index (κ3) is 4.27. The molecule has 76 valence electrons. The van der Waals surface area contributed by atoms with Crippen LogP contribution in [0.3, 0.4) is 0 Å². The van der Waals surface area contributed by atoms with Gasteiger partial charge in [0.2, 0.25) is 5.91 Å². The van der Waals surface area contributed by atoms with Crippen LogP contribution in [0.2, 0.25) is 0 Å². The summed E-state index contributed by atoms with van der Waals surface area (Å²) in [6.07, 6.45) is 3.69.